The first kappa shape index (κ1) is 10.4. The van der Waals surface area contributed by atoms with Crippen LogP contribution in [0.5, 0.6) is 0 Å². The third-order valence-corrected chi connectivity index (χ3v) is 3.71. The molecule has 2 aliphatic rings. The molecule has 3 nitrogen and oxygen atoms in total. The first-order valence-corrected chi connectivity index (χ1v) is 5.74. The minimum atomic E-state index is -0.460. The maximum Gasteiger partial charge on any atom is 0.0774 e. The summed E-state index contributed by atoms with van der Waals surface area (Å²) < 4.78 is 0. The molecular formula is C11H21NO2. The van der Waals surface area contributed by atoms with Crippen molar-refractivity contribution in [2.45, 2.75) is 56.8 Å². The van der Waals surface area contributed by atoms with E-state index in [1.807, 2.05) is 0 Å². The second-order valence-corrected chi connectivity index (χ2v) is 5.10. The summed E-state index contributed by atoms with van der Waals surface area (Å²) in [5, 5.41) is 19.7. The highest BCUT2D eigenvalue weighted by Crippen LogP contribution is 2.32. The fourth-order valence-corrected chi connectivity index (χ4v) is 2.86. The molecule has 0 aromatic carbocycles. The third-order valence-electron chi connectivity index (χ3n) is 3.71. The van der Waals surface area contributed by atoms with Gasteiger partial charge in [-0.15, -0.1) is 0 Å². The predicted octanol–water partition coefficient (Wildman–Crippen LogP) is 0.747. The molecule has 1 heterocycles. The van der Waals surface area contributed by atoms with E-state index in [0.29, 0.717) is 6.04 Å². The Bertz CT molecular complexity index is 201. The van der Waals surface area contributed by atoms with Crippen LogP contribution in [0.2, 0.25) is 0 Å². The standard InChI is InChI=1S/C11H21NO2/c1-9-6-10(13)7-12(9)8-11(14)4-2-3-5-11/h9-10,13-14H,2-8H2,1H3. The summed E-state index contributed by atoms with van der Waals surface area (Å²) in [7, 11) is 0. The van der Waals surface area contributed by atoms with Gasteiger partial charge in [-0.05, 0) is 26.2 Å². The van der Waals surface area contributed by atoms with Gasteiger partial charge in [0.15, 0.2) is 0 Å². The first-order chi connectivity index (χ1) is 6.59. The summed E-state index contributed by atoms with van der Waals surface area (Å²) >= 11 is 0. The Morgan fingerprint density at radius 3 is 2.50 bits per heavy atom. The van der Waals surface area contributed by atoms with Crippen molar-refractivity contribution >= 4 is 0 Å². The molecule has 1 saturated carbocycles. The molecule has 2 rings (SSSR count). The van der Waals surface area contributed by atoms with Gasteiger partial charge in [-0.25, -0.2) is 0 Å². The normalized spacial score (nSPS) is 37.9. The van der Waals surface area contributed by atoms with Crippen LogP contribution in [0.3, 0.4) is 0 Å². The minimum absolute atomic E-state index is 0.185. The van der Waals surface area contributed by atoms with Crippen molar-refractivity contribution in [1.29, 1.82) is 0 Å². The molecule has 0 aromatic rings. The Morgan fingerprint density at radius 1 is 1.36 bits per heavy atom. The molecule has 2 unspecified atom stereocenters. The van der Waals surface area contributed by atoms with Crippen LogP contribution in [0, 0.1) is 0 Å². The van der Waals surface area contributed by atoms with Gasteiger partial charge in [0, 0.05) is 19.1 Å². The van der Waals surface area contributed by atoms with Crippen LogP contribution < -0.4 is 0 Å². The number of hydrogen-bond acceptors (Lipinski definition) is 3. The molecule has 14 heavy (non-hydrogen) atoms. The van der Waals surface area contributed by atoms with Gasteiger partial charge in [-0.1, -0.05) is 12.8 Å². The molecule has 82 valence electrons. The van der Waals surface area contributed by atoms with E-state index in [4.69, 9.17) is 0 Å². The largest absolute Gasteiger partial charge is 0.392 e. The quantitative estimate of drug-likeness (QED) is 0.689. The minimum Gasteiger partial charge on any atom is -0.392 e. The van der Waals surface area contributed by atoms with Crippen molar-refractivity contribution < 1.29 is 10.2 Å². The van der Waals surface area contributed by atoms with Crippen molar-refractivity contribution in [3.05, 3.63) is 0 Å². The first-order valence-electron chi connectivity index (χ1n) is 5.74. The van der Waals surface area contributed by atoms with Crippen molar-refractivity contribution in [1.82, 2.24) is 4.90 Å². The van der Waals surface area contributed by atoms with E-state index in [1.54, 1.807) is 0 Å². The van der Waals surface area contributed by atoms with E-state index >= 15 is 0 Å². The molecule has 2 N–H and O–H groups in total. The average molecular weight is 199 g/mol. The van der Waals surface area contributed by atoms with Crippen LogP contribution in [-0.2, 0) is 0 Å². The zero-order valence-electron chi connectivity index (χ0n) is 8.95. The number of aliphatic hydroxyl groups excluding tert-OH is 1. The van der Waals surface area contributed by atoms with Crippen LogP contribution in [0.4, 0.5) is 0 Å². The Hall–Kier alpha value is -0.120. The van der Waals surface area contributed by atoms with E-state index < -0.39 is 5.60 Å². The molecule has 2 atom stereocenters. The van der Waals surface area contributed by atoms with Crippen molar-refractivity contribution in [2.24, 2.45) is 0 Å². The number of hydrogen-bond donors (Lipinski definition) is 2. The topological polar surface area (TPSA) is 43.7 Å². The monoisotopic (exact) mass is 199 g/mol. The Labute approximate surface area is 85.7 Å². The highest BCUT2D eigenvalue weighted by molar-refractivity contribution is 4.92. The summed E-state index contributed by atoms with van der Waals surface area (Å²) in [4.78, 5) is 2.23. The second-order valence-electron chi connectivity index (χ2n) is 5.10. The molecule has 0 spiro atoms. The van der Waals surface area contributed by atoms with E-state index in [2.05, 4.69) is 11.8 Å². The van der Waals surface area contributed by atoms with Crippen LogP contribution in [0.15, 0.2) is 0 Å². The average Bonchev–Trinajstić information content (AvgIpc) is 2.61. The lowest BCUT2D eigenvalue weighted by molar-refractivity contribution is 0.00523. The van der Waals surface area contributed by atoms with Crippen molar-refractivity contribution in [3.8, 4) is 0 Å². The van der Waals surface area contributed by atoms with Gasteiger partial charge in [-0.2, -0.15) is 0 Å². The highest BCUT2D eigenvalue weighted by atomic mass is 16.3. The number of β-amino-alcohol motifs (C(OH)–C–C–N with tert-alkyl or cyclic N) is 2. The molecule has 1 aliphatic heterocycles. The molecule has 1 saturated heterocycles. The van der Waals surface area contributed by atoms with Crippen molar-refractivity contribution in [3.63, 3.8) is 0 Å². The molecule has 0 aromatic heterocycles. The van der Waals surface area contributed by atoms with E-state index in [1.165, 1.54) is 0 Å². The SMILES string of the molecule is CC1CC(O)CN1CC1(O)CCCC1. The summed E-state index contributed by atoms with van der Waals surface area (Å²) in [6.45, 7) is 3.63. The number of likely N-dealkylation sites (tertiary alicyclic amines) is 1. The Balaban J connectivity index is 1.90. The lowest BCUT2D eigenvalue weighted by Crippen LogP contribution is -2.42. The van der Waals surface area contributed by atoms with E-state index in [-0.39, 0.29) is 6.10 Å². The third kappa shape index (κ3) is 2.10. The van der Waals surface area contributed by atoms with Gasteiger partial charge in [0.25, 0.3) is 0 Å². The zero-order valence-corrected chi connectivity index (χ0v) is 8.95. The molecule has 0 radical (unpaired) electrons. The lowest BCUT2D eigenvalue weighted by atomic mass is 10.0. The van der Waals surface area contributed by atoms with Gasteiger partial charge in [0.1, 0.15) is 0 Å². The second kappa shape index (κ2) is 3.80. The lowest BCUT2D eigenvalue weighted by Gasteiger charge is -2.30. The smallest absolute Gasteiger partial charge is 0.0774 e. The predicted molar refractivity (Wildman–Crippen MR) is 55.1 cm³/mol. The van der Waals surface area contributed by atoms with E-state index in [0.717, 1.165) is 45.2 Å². The fraction of sp³-hybridized carbons (Fsp3) is 1.00. The van der Waals surface area contributed by atoms with Gasteiger partial charge >= 0.3 is 0 Å². The number of rotatable bonds is 2. The zero-order chi connectivity index (χ0) is 10.2. The van der Waals surface area contributed by atoms with E-state index in [9.17, 15) is 10.2 Å². The molecule has 1 aliphatic carbocycles. The van der Waals surface area contributed by atoms with Crippen LogP contribution >= 0.6 is 0 Å². The van der Waals surface area contributed by atoms with Crippen LogP contribution in [0.25, 0.3) is 0 Å². The molecule has 0 bridgehead atoms. The van der Waals surface area contributed by atoms with Crippen molar-refractivity contribution in [2.75, 3.05) is 13.1 Å². The summed E-state index contributed by atoms with van der Waals surface area (Å²) in [6.07, 6.45) is 4.85. The molecule has 2 fully saturated rings. The maximum absolute atomic E-state index is 10.2. The summed E-state index contributed by atoms with van der Waals surface area (Å²) in [5.74, 6) is 0. The van der Waals surface area contributed by atoms with Crippen LogP contribution in [-0.4, -0.2) is 45.9 Å². The summed E-state index contributed by atoms with van der Waals surface area (Å²) in [6, 6.07) is 0.426. The Kier molecular flexibility index (Phi) is 2.82. The fourth-order valence-electron chi connectivity index (χ4n) is 2.86. The number of aliphatic hydroxyl groups is 2. The van der Waals surface area contributed by atoms with Gasteiger partial charge in [-0.3, -0.25) is 4.90 Å². The highest BCUT2D eigenvalue weighted by Gasteiger charge is 2.37. The number of nitrogens with zero attached hydrogens (tertiary/aromatic N) is 1. The molecular weight excluding hydrogens is 178 g/mol. The molecule has 0 amide bonds. The van der Waals surface area contributed by atoms with Crippen LogP contribution in [0.1, 0.15) is 39.0 Å². The van der Waals surface area contributed by atoms with Gasteiger partial charge in [0.2, 0.25) is 0 Å². The maximum atomic E-state index is 10.2. The van der Waals surface area contributed by atoms with Gasteiger partial charge < -0.3 is 10.2 Å². The summed E-state index contributed by atoms with van der Waals surface area (Å²) in [5.41, 5.74) is -0.460. The van der Waals surface area contributed by atoms with Gasteiger partial charge in [0.05, 0.1) is 11.7 Å². The Morgan fingerprint density at radius 2 is 2.00 bits per heavy atom. The molecule has 3 heteroatoms.